The molecule has 0 aliphatic rings. The SMILES string of the molecule is C=CCNS(=O)(=O)c1cccc(C(=O)O[C@@H](C)C(=O)NC(=O)NC(C)(C)C)c1. The summed E-state index contributed by atoms with van der Waals surface area (Å²) in [7, 11) is -3.82. The largest absolute Gasteiger partial charge is 0.449 e. The number of imide groups is 1. The van der Waals surface area contributed by atoms with Crippen molar-refractivity contribution in [3.63, 3.8) is 0 Å². The lowest BCUT2D eigenvalue weighted by atomic mass is 10.1. The van der Waals surface area contributed by atoms with Crippen LogP contribution in [0.3, 0.4) is 0 Å². The highest BCUT2D eigenvalue weighted by Crippen LogP contribution is 2.13. The van der Waals surface area contributed by atoms with E-state index in [0.717, 1.165) is 6.07 Å². The van der Waals surface area contributed by atoms with Crippen LogP contribution in [0.25, 0.3) is 0 Å². The average molecular weight is 411 g/mol. The highest BCUT2D eigenvalue weighted by atomic mass is 32.2. The number of carbonyl (C=O) groups is 3. The summed E-state index contributed by atoms with van der Waals surface area (Å²) in [5.74, 6) is -1.72. The number of hydrogen-bond acceptors (Lipinski definition) is 6. The topological polar surface area (TPSA) is 131 Å². The van der Waals surface area contributed by atoms with Gasteiger partial charge in [0, 0.05) is 12.1 Å². The summed E-state index contributed by atoms with van der Waals surface area (Å²) < 4.78 is 31.5. The fourth-order valence-electron chi connectivity index (χ4n) is 1.91. The minimum Gasteiger partial charge on any atom is -0.449 e. The van der Waals surface area contributed by atoms with Crippen LogP contribution in [0.4, 0.5) is 4.79 Å². The number of rotatable bonds is 7. The van der Waals surface area contributed by atoms with Gasteiger partial charge in [-0.1, -0.05) is 12.1 Å². The van der Waals surface area contributed by atoms with Crippen LogP contribution in [-0.4, -0.2) is 44.5 Å². The Morgan fingerprint density at radius 2 is 1.89 bits per heavy atom. The quantitative estimate of drug-likeness (QED) is 0.458. The molecule has 0 fully saturated rings. The number of carbonyl (C=O) groups excluding carboxylic acids is 3. The Morgan fingerprint density at radius 3 is 2.46 bits per heavy atom. The molecule has 3 amide bonds. The zero-order chi connectivity index (χ0) is 21.5. The summed E-state index contributed by atoms with van der Waals surface area (Å²) in [5.41, 5.74) is -0.601. The van der Waals surface area contributed by atoms with E-state index in [1.54, 1.807) is 20.8 Å². The maximum absolute atomic E-state index is 12.2. The molecule has 1 atom stereocenters. The van der Waals surface area contributed by atoms with Crippen molar-refractivity contribution in [1.82, 2.24) is 15.4 Å². The van der Waals surface area contributed by atoms with Gasteiger partial charge in [0.05, 0.1) is 10.5 Å². The molecular weight excluding hydrogens is 386 g/mol. The third-order valence-corrected chi connectivity index (χ3v) is 4.60. The van der Waals surface area contributed by atoms with Gasteiger partial charge in [0.15, 0.2) is 6.10 Å². The molecule has 0 bridgehead atoms. The summed E-state index contributed by atoms with van der Waals surface area (Å²) in [6.45, 7) is 9.98. The van der Waals surface area contributed by atoms with Crippen molar-refractivity contribution in [3.8, 4) is 0 Å². The van der Waals surface area contributed by atoms with Crippen LogP contribution in [0.15, 0.2) is 41.8 Å². The van der Waals surface area contributed by atoms with Crippen molar-refractivity contribution >= 4 is 27.9 Å². The second kappa shape index (κ2) is 9.47. The molecule has 0 spiro atoms. The van der Waals surface area contributed by atoms with Gasteiger partial charge in [-0.3, -0.25) is 10.1 Å². The molecule has 28 heavy (non-hydrogen) atoms. The standard InChI is InChI=1S/C18H25N3O6S/c1-6-10-19-28(25,26)14-9-7-8-13(11-14)16(23)27-12(2)15(22)20-17(24)21-18(3,4)5/h6-9,11-12,19H,1,10H2,2-5H3,(H2,20,21,22,24)/t12-/m0/s1. The number of amides is 3. The lowest BCUT2D eigenvalue weighted by Crippen LogP contribution is -2.50. The third kappa shape index (κ3) is 7.49. The number of urea groups is 1. The molecule has 0 aliphatic carbocycles. The molecule has 3 N–H and O–H groups in total. The van der Waals surface area contributed by atoms with E-state index in [2.05, 4.69) is 21.9 Å². The van der Waals surface area contributed by atoms with Crippen molar-refractivity contribution in [2.45, 2.75) is 44.2 Å². The summed E-state index contributed by atoms with van der Waals surface area (Å²) >= 11 is 0. The molecule has 1 rings (SSSR count). The second-order valence-corrected chi connectivity index (χ2v) is 8.68. The molecule has 0 heterocycles. The zero-order valence-corrected chi connectivity index (χ0v) is 17.1. The molecule has 0 unspecified atom stereocenters. The van der Waals surface area contributed by atoms with E-state index in [9.17, 15) is 22.8 Å². The molecule has 154 valence electrons. The molecule has 1 aromatic carbocycles. The van der Waals surface area contributed by atoms with E-state index < -0.39 is 39.6 Å². The summed E-state index contributed by atoms with van der Waals surface area (Å²) in [6, 6.07) is 4.45. The number of nitrogens with one attached hydrogen (secondary N) is 3. The predicted octanol–water partition coefficient (Wildman–Crippen LogP) is 1.32. The third-order valence-electron chi connectivity index (χ3n) is 3.18. The van der Waals surface area contributed by atoms with Gasteiger partial charge < -0.3 is 10.1 Å². The fourth-order valence-corrected chi connectivity index (χ4v) is 2.95. The minimum absolute atomic E-state index is 0.0326. The van der Waals surface area contributed by atoms with Crippen LogP contribution in [-0.2, 0) is 19.6 Å². The Kier molecular flexibility index (Phi) is 7.89. The summed E-state index contributed by atoms with van der Waals surface area (Å²) in [4.78, 5) is 35.8. The second-order valence-electron chi connectivity index (χ2n) is 6.91. The van der Waals surface area contributed by atoms with Crippen LogP contribution >= 0.6 is 0 Å². The van der Waals surface area contributed by atoms with Gasteiger partial charge in [0.1, 0.15) is 0 Å². The fraction of sp³-hybridized carbons (Fsp3) is 0.389. The number of ether oxygens (including phenoxy) is 1. The molecule has 1 aromatic rings. The van der Waals surface area contributed by atoms with Crippen molar-refractivity contribution < 1.29 is 27.5 Å². The van der Waals surface area contributed by atoms with Gasteiger partial charge in [-0.25, -0.2) is 22.7 Å². The van der Waals surface area contributed by atoms with E-state index in [-0.39, 0.29) is 17.0 Å². The molecule has 0 aromatic heterocycles. The van der Waals surface area contributed by atoms with Gasteiger partial charge in [-0.15, -0.1) is 6.58 Å². The predicted molar refractivity (Wildman–Crippen MR) is 103 cm³/mol. The Morgan fingerprint density at radius 1 is 1.25 bits per heavy atom. The monoisotopic (exact) mass is 411 g/mol. The Labute approximate surface area is 164 Å². The molecule has 9 nitrogen and oxygen atoms in total. The van der Waals surface area contributed by atoms with Crippen LogP contribution in [0.5, 0.6) is 0 Å². The van der Waals surface area contributed by atoms with Gasteiger partial charge in [-0.2, -0.15) is 0 Å². The van der Waals surface area contributed by atoms with Crippen molar-refractivity contribution in [2.75, 3.05) is 6.54 Å². The van der Waals surface area contributed by atoms with Crippen molar-refractivity contribution in [2.24, 2.45) is 0 Å². The van der Waals surface area contributed by atoms with Gasteiger partial charge >= 0.3 is 12.0 Å². The van der Waals surface area contributed by atoms with E-state index in [1.807, 2.05) is 0 Å². The molecule has 0 saturated carbocycles. The van der Waals surface area contributed by atoms with Crippen LogP contribution in [0, 0.1) is 0 Å². The van der Waals surface area contributed by atoms with E-state index in [0.29, 0.717) is 0 Å². The molecule has 0 aliphatic heterocycles. The van der Waals surface area contributed by atoms with Crippen LogP contribution < -0.4 is 15.4 Å². The Bertz CT molecular complexity index is 858. The molecule has 0 radical (unpaired) electrons. The van der Waals surface area contributed by atoms with Crippen molar-refractivity contribution in [1.29, 1.82) is 0 Å². The van der Waals surface area contributed by atoms with Crippen molar-refractivity contribution in [3.05, 3.63) is 42.5 Å². The minimum atomic E-state index is -3.82. The summed E-state index contributed by atoms with van der Waals surface area (Å²) in [6.07, 6.45) is 0.114. The lowest BCUT2D eigenvalue weighted by molar-refractivity contribution is -0.127. The number of esters is 1. The number of benzene rings is 1. The van der Waals surface area contributed by atoms with Gasteiger partial charge in [0.2, 0.25) is 10.0 Å². The number of sulfonamides is 1. The molecule has 0 saturated heterocycles. The van der Waals surface area contributed by atoms with Gasteiger partial charge in [0.25, 0.3) is 5.91 Å². The number of hydrogen-bond donors (Lipinski definition) is 3. The zero-order valence-electron chi connectivity index (χ0n) is 16.2. The summed E-state index contributed by atoms with van der Waals surface area (Å²) in [5, 5.41) is 4.61. The lowest BCUT2D eigenvalue weighted by Gasteiger charge is -2.21. The van der Waals surface area contributed by atoms with E-state index in [1.165, 1.54) is 31.2 Å². The first-order valence-electron chi connectivity index (χ1n) is 8.40. The van der Waals surface area contributed by atoms with E-state index in [4.69, 9.17) is 4.74 Å². The highest BCUT2D eigenvalue weighted by molar-refractivity contribution is 7.89. The maximum Gasteiger partial charge on any atom is 0.338 e. The van der Waals surface area contributed by atoms with Gasteiger partial charge in [-0.05, 0) is 45.9 Å². The molecular formula is C18H25N3O6S. The first kappa shape index (κ1) is 23.3. The first-order valence-corrected chi connectivity index (χ1v) is 9.88. The smallest absolute Gasteiger partial charge is 0.338 e. The molecule has 10 heteroatoms. The van der Waals surface area contributed by atoms with Crippen LogP contribution in [0.2, 0.25) is 0 Å². The maximum atomic E-state index is 12.2. The first-order chi connectivity index (χ1) is 12.9. The normalized spacial score (nSPS) is 12.6. The average Bonchev–Trinajstić information content (AvgIpc) is 2.58. The van der Waals surface area contributed by atoms with E-state index >= 15 is 0 Å². The Hall–Kier alpha value is -2.72. The van der Waals surface area contributed by atoms with Crippen LogP contribution in [0.1, 0.15) is 38.1 Å². The Balaban J connectivity index is 2.79. The highest BCUT2D eigenvalue weighted by Gasteiger charge is 2.23.